The van der Waals surface area contributed by atoms with Crippen LogP contribution in [-0.2, 0) is 0 Å². The lowest BCUT2D eigenvalue weighted by Gasteiger charge is -2.16. The maximum absolute atomic E-state index is 12.4. The van der Waals surface area contributed by atoms with E-state index in [1.807, 2.05) is 61.5 Å². The SMILES string of the molecule is CCC1=CC(=NSc2ccc(Cl)cc2)c2ccccc2C1=O. The van der Waals surface area contributed by atoms with Crippen LogP contribution in [0.25, 0.3) is 0 Å². The molecule has 0 saturated carbocycles. The fraction of sp³-hybridized carbons (Fsp3) is 0.111. The van der Waals surface area contributed by atoms with Crippen LogP contribution in [0.4, 0.5) is 0 Å². The van der Waals surface area contributed by atoms with Gasteiger partial charge in [0.05, 0.1) is 5.71 Å². The van der Waals surface area contributed by atoms with E-state index in [-0.39, 0.29) is 5.78 Å². The van der Waals surface area contributed by atoms with Gasteiger partial charge in [0, 0.05) is 38.6 Å². The predicted octanol–water partition coefficient (Wildman–Crippen LogP) is 5.37. The molecule has 0 aliphatic heterocycles. The average Bonchev–Trinajstić information content (AvgIpc) is 2.56. The number of hydrogen-bond donors (Lipinski definition) is 0. The van der Waals surface area contributed by atoms with Crippen LogP contribution < -0.4 is 0 Å². The molecule has 1 aliphatic carbocycles. The van der Waals surface area contributed by atoms with Gasteiger partial charge in [-0.05, 0) is 36.8 Å². The van der Waals surface area contributed by atoms with E-state index in [1.54, 1.807) is 0 Å². The van der Waals surface area contributed by atoms with Crippen molar-refractivity contribution in [2.24, 2.45) is 4.40 Å². The number of ketones is 1. The maximum Gasteiger partial charge on any atom is 0.189 e. The van der Waals surface area contributed by atoms with Gasteiger partial charge in [0.1, 0.15) is 0 Å². The Balaban J connectivity index is 1.97. The first-order chi connectivity index (χ1) is 10.7. The monoisotopic (exact) mass is 327 g/mol. The van der Waals surface area contributed by atoms with Gasteiger partial charge in [-0.25, -0.2) is 4.40 Å². The Hall–Kier alpha value is -1.84. The molecule has 3 rings (SSSR count). The highest BCUT2D eigenvalue weighted by atomic mass is 35.5. The van der Waals surface area contributed by atoms with Crippen LogP contribution in [0, 0.1) is 0 Å². The van der Waals surface area contributed by atoms with Crippen LogP contribution in [0.15, 0.2) is 69.5 Å². The second kappa shape index (κ2) is 6.51. The number of carbonyl (C=O) groups excluding carboxylic acids is 1. The first kappa shape index (κ1) is 15.1. The number of halogens is 1. The summed E-state index contributed by atoms with van der Waals surface area (Å²) in [6.07, 6.45) is 2.60. The van der Waals surface area contributed by atoms with Crippen molar-refractivity contribution in [3.05, 3.63) is 76.3 Å². The molecule has 22 heavy (non-hydrogen) atoms. The van der Waals surface area contributed by atoms with Crippen LogP contribution >= 0.6 is 23.5 Å². The van der Waals surface area contributed by atoms with Crippen molar-refractivity contribution in [2.45, 2.75) is 18.2 Å². The molecule has 0 radical (unpaired) electrons. The molecule has 0 atom stereocenters. The van der Waals surface area contributed by atoms with Crippen LogP contribution in [0.3, 0.4) is 0 Å². The van der Waals surface area contributed by atoms with E-state index in [1.165, 1.54) is 11.9 Å². The van der Waals surface area contributed by atoms with Gasteiger partial charge < -0.3 is 0 Å². The van der Waals surface area contributed by atoms with Crippen molar-refractivity contribution in [3.8, 4) is 0 Å². The van der Waals surface area contributed by atoms with Crippen molar-refractivity contribution in [1.82, 2.24) is 0 Å². The molecule has 0 amide bonds. The zero-order chi connectivity index (χ0) is 15.5. The highest BCUT2D eigenvalue weighted by molar-refractivity contribution is 7.98. The molecule has 0 unspecified atom stereocenters. The zero-order valence-electron chi connectivity index (χ0n) is 12.0. The quantitative estimate of drug-likeness (QED) is 0.709. The molecule has 1 aliphatic rings. The van der Waals surface area contributed by atoms with Crippen molar-refractivity contribution in [1.29, 1.82) is 0 Å². The fourth-order valence-corrected chi connectivity index (χ4v) is 3.06. The van der Waals surface area contributed by atoms with E-state index in [9.17, 15) is 4.79 Å². The standard InChI is InChI=1S/C18H14ClNOS/c1-2-12-11-17(15-5-3-4-6-16(15)18(12)21)20-22-14-9-7-13(19)8-10-14/h3-11H,2H2,1H3. The number of nitrogens with zero attached hydrogens (tertiary/aromatic N) is 1. The largest absolute Gasteiger partial charge is 0.289 e. The van der Waals surface area contributed by atoms with Crippen molar-refractivity contribution >= 4 is 35.0 Å². The Morgan fingerprint density at radius 2 is 1.73 bits per heavy atom. The summed E-state index contributed by atoms with van der Waals surface area (Å²) < 4.78 is 4.62. The first-order valence-electron chi connectivity index (χ1n) is 7.04. The summed E-state index contributed by atoms with van der Waals surface area (Å²) in [6.45, 7) is 1.99. The Morgan fingerprint density at radius 3 is 2.41 bits per heavy atom. The van der Waals surface area contributed by atoms with E-state index >= 15 is 0 Å². The van der Waals surface area contributed by atoms with Gasteiger partial charge in [-0.1, -0.05) is 42.8 Å². The minimum atomic E-state index is 0.105. The Kier molecular flexibility index (Phi) is 4.46. The summed E-state index contributed by atoms with van der Waals surface area (Å²) in [7, 11) is 0. The zero-order valence-corrected chi connectivity index (χ0v) is 13.6. The smallest absolute Gasteiger partial charge is 0.189 e. The second-order valence-electron chi connectivity index (χ2n) is 4.92. The molecule has 2 aromatic rings. The summed E-state index contributed by atoms with van der Waals surface area (Å²) in [5.74, 6) is 0.105. The number of carbonyl (C=O) groups is 1. The predicted molar refractivity (Wildman–Crippen MR) is 93.0 cm³/mol. The third kappa shape index (κ3) is 3.01. The molecule has 0 heterocycles. The summed E-state index contributed by atoms with van der Waals surface area (Å²) in [6, 6.07) is 15.2. The average molecular weight is 328 g/mol. The van der Waals surface area contributed by atoms with Gasteiger partial charge in [0.2, 0.25) is 0 Å². The molecule has 0 fully saturated rings. The number of rotatable bonds is 3. The van der Waals surface area contributed by atoms with Gasteiger partial charge in [-0.15, -0.1) is 0 Å². The summed E-state index contributed by atoms with van der Waals surface area (Å²) >= 11 is 7.28. The van der Waals surface area contributed by atoms with E-state index in [4.69, 9.17) is 11.6 Å². The molecule has 0 saturated heterocycles. The number of Topliss-reactive ketones (excluding diaryl/α,β-unsaturated/α-hetero) is 1. The maximum atomic E-state index is 12.4. The van der Waals surface area contributed by atoms with E-state index in [0.29, 0.717) is 11.4 Å². The molecular weight excluding hydrogens is 314 g/mol. The van der Waals surface area contributed by atoms with Crippen molar-refractivity contribution in [3.63, 3.8) is 0 Å². The molecule has 2 aromatic carbocycles. The molecule has 0 aromatic heterocycles. The van der Waals surface area contributed by atoms with Gasteiger partial charge in [0.15, 0.2) is 5.78 Å². The molecule has 4 heteroatoms. The molecule has 0 spiro atoms. The number of benzene rings is 2. The van der Waals surface area contributed by atoms with Gasteiger partial charge in [-0.2, -0.15) is 0 Å². The van der Waals surface area contributed by atoms with Gasteiger partial charge in [-0.3, -0.25) is 4.79 Å². The third-order valence-corrected chi connectivity index (χ3v) is 4.52. The van der Waals surface area contributed by atoms with Gasteiger partial charge >= 0.3 is 0 Å². The highest BCUT2D eigenvalue weighted by Gasteiger charge is 2.22. The Morgan fingerprint density at radius 1 is 1.05 bits per heavy atom. The van der Waals surface area contributed by atoms with E-state index in [2.05, 4.69) is 4.40 Å². The van der Waals surface area contributed by atoms with Crippen LogP contribution in [0.5, 0.6) is 0 Å². The van der Waals surface area contributed by atoms with E-state index in [0.717, 1.165) is 27.3 Å². The highest BCUT2D eigenvalue weighted by Crippen LogP contribution is 2.27. The minimum Gasteiger partial charge on any atom is -0.289 e. The van der Waals surface area contributed by atoms with E-state index < -0.39 is 0 Å². The molecular formula is C18H14ClNOS. The number of allylic oxidation sites excluding steroid dienone is 2. The first-order valence-corrected chi connectivity index (χ1v) is 8.19. The topological polar surface area (TPSA) is 29.4 Å². The number of hydrogen-bond acceptors (Lipinski definition) is 3. The lowest BCUT2D eigenvalue weighted by Crippen LogP contribution is -2.16. The minimum absolute atomic E-state index is 0.105. The summed E-state index contributed by atoms with van der Waals surface area (Å²) in [5.41, 5.74) is 3.27. The normalized spacial score (nSPS) is 15.6. The summed E-state index contributed by atoms with van der Waals surface area (Å²) in [5, 5.41) is 0.707. The Bertz CT molecular complexity index is 778. The third-order valence-electron chi connectivity index (χ3n) is 3.49. The fourth-order valence-electron chi connectivity index (χ4n) is 2.32. The van der Waals surface area contributed by atoms with Crippen LogP contribution in [0.1, 0.15) is 29.3 Å². The summed E-state index contributed by atoms with van der Waals surface area (Å²) in [4.78, 5) is 13.4. The molecule has 2 nitrogen and oxygen atoms in total. The second-order valence-corrected chi connectivity index (χ2v) is 6.19. The van der Waals surface area contributed by atoms with Crippen molar-refractivity contribution < 1.29 is 4.79 Å². The van der Waals surface area contributed by atoms with Gasteiger partial charge in [0.25, 0.3) is 0 Å². The lowest BCUT2D eigenvalue weighted by atomic mass is 9.88. The lowest BCUT2D eigenvalue weighted by molar-refractivity contribution is 0.103. The Labute approximate surface area is 139 Å². The molecule has 110 valence electrons. The molecule has 0 bridgehead atoms. The van der Waals surface area contributed by atoms with Crippen LogP contribution in [0.2, 0.25) is 5.02 Å². The molecule has 0 N–H and O–H groups in total. The van der Waals surface area contributed by atoms with Crippen molar-refractivity contribution in [2.75, 3.05) is 0 Å². The number of fused-ring (bicyclic) bond motifs is 1. The van der Waals surface area contributed by atoms with Crippen LogP contribution in [-0.4, -0.2) is 11.5 Å².